The first-order chi connectivity index (χ1) is 6.11. The van der Waals surface area contributed by atoms with Crippen LogP contribution in [0.15, 0.2) is 11.0 Å². The van der Waals surface area contributed by atoms with E-state index in [1.165, 1.54) is 6.26 Å². The van der Waals surface area contributed by atoms with Crippen molar-refractivity contribution in [2.24, 2.45) is 0 Å². The Kier molecular flexibility index (Phi) is 3.67. The molecule has 0 saturated heterocycles. The summed E-state index contributed by atoms with van der Waals surface area (Å²) in [7, 11) is 0. The maximum atomic E-state index is 13.1. The van der Waals surface area contributed by atoms with E-state index in [0.29, 0.717) is 0 Å². The minimum atomic E-state index is -1.11. The number of hydrogen-bond acceptors (Lipinski definition) is 1. The van der Waals surface area contributed by atoms with Crippen molar-refractivity contribution in [2.45, 2.75) is 10.2 Å². The summed E-state index contributed by atoms with van der Waals surface area (Å²) in [5, 5.41) is 0.0985. The highest BCUT2D eigenvalue weighted by atomic mass is 79.9. The Bertz CT molecular complexity index is 328. The molecule has 0 saturated carbocycles. The van der Waals surface area contributed by atoms with Crippen LogP contribution in [0.2, 0.25) is 0 Å². The minimum Gasteiger partial charge on any atom is -0.206 e. The Morgan fingerprint density at radius 1 is 1.31 bits per heavy atom. The molecule has 5 heteroatoms. The van der Waals surface area contributed by atoms with Crippen molar-refractivity contribution in [2.75, 3.05) is 6.26 Å². The molecule has 0 aliphatic carbocycles. The molecule has 1 rings (SSSR count). The van der Waals surface area contributed by atoms with Gasteiger partial charge in [-0.2, -0.15) is 0 Å². The zero-order valence-electron chi connectivity index (χ0n) is 6.70. The Morgan fingerprint density at radius 2 is 1.92 bits per heavy atom. The predicted octanol–water partition coefficient (Wildman–Crippen LogP) is 3.72. The zero-order valence-corrected chi connectivity index (χ0v) is 9.11. The second kappa shape index (κ2) is 4.37. The molecule has 0 radical (unpaired) electrons. The first kappa shape index (κ1) is 10.9. The number of halogens is 4. The van der Waals surface area contributed by atoms with Crippen LogP contribution in [-0.4, -0.2) is 6.26 Å². The summed E-state index contributed by atoms with van der Waals surface area (Å²) in [6, 6.07) is 0.999. The van der Waals surface area contributed by atoms with Gasteiger partial charge in [-0.1, -0.05) is 15.9 Å². The summed E-state index contributed by atoms with van der Waals surface area (Å²) in [4.78, 5) is -0.276. The van der Waals surface area contributed by atoms with E-state index in [-0.39, 0.29) is 15.8 Å². The van der Waals surface area contributed by atoms with Crippen molar-refractivity contribution >= 4 is 27.7 Å². The average Bonchev–Trinajstić information content (AvgIpc) is 2.12. The first-order valence-corrected chi connectivity index (χ1v) is 5.72. The quantitative estimate of drug-likeness (QED) is 0.449. The SMILES string of the molecule is CSc1c(F)cc(CBr)c(F)c1F. The molecule has 13 heavy (non-hydrogen) atoms. The van der Waals surface area contributed by atoms with E-state index in [0.717, 1.165) is 17.8 Å². The average molecular weight is 271 g/mol. The van der Waals surface area contributed by atoms with Gasteiger partial charge in [0.1, 0.15) is 5.82 Å². The third kappa shape index (κ3) is 2.02. The molecule has 72 valence electrons. The third-order valence-electron chi connectivity index (χ3n) is 1.54. The molecule has 0 spiro atoms. The Hall–Kier alpha value is -0.160. The Labute approximate surface area is 86.6 Å². The summed E-state index contributed by atoms with van der Waals surface area (Å²) >= 11 is 3.79. The number of benzene rings is 1. The van der Waals surface area contributed by atoms with Crippen LogP contribution < -0.4 is 0 Å². The molecule has 0 aliphatic heterocycles. The van der Waals surface area contributed by atoms with Gasteiger partial charge < -0.3 is 0 Å². The smallest absolute Gasteiger partial charge is 0.175 e. The van der Waals surface area contributed by atoms with Crippen LogP contribution in [-0.2, 0) is 5.33 Å². The lowest BCUT2D eigenvalue weighted by molar-refractivity contribution is 0.462. The van der Waals surface area contributed by atoms with Gasteiger partial charge in [0.15, 0.2) is 11.6 Å². The molecular weight excluding hydrogens is 265 g/mol. The summed E-state index contributed by atoms with van der Waals surface area (Å²) in [5.41, 5.74) is -0.00667. The van der Waals surface area contributed by atoms with Gasteiger partial charge in [0.25, 0.3) is 0 Å². The molecule has 0 unspecified atom stereocenters. The minimum absolute atomic E-state index is 0.00667. The number of hydrogen-bond donors (Lipinski definition) is 0. The van der Waals surface area contributed by atoms with Crippen molar-refractivity contribution in [1.82, 2.24) is 0 Å². The standard InChI is InChI=1S/C8H6BrF3S/c1-13-8-5(10)2-4(3-9)6(11)7(8)12/h2H,3H2,1H3. The van der Waals surface area contributed by atoms with Crippen LogP contribution in [0.25, 0.3) is 0 Å². The van der Waals surface area contributed by atoms with Gasteiger partial charge in [-0.25, -0.2) is 13.2 Å². The van der Waals surface area contributed by atoms with Crippen LogP contribution in [0.3, 0.4) is 0 Å². The second-order valence-electron chi connectivity index (χ2n) is 2.31. The van der Waals surface area contributed by atoms with E-state index in [2.05, 4.69) is 15.9 Å². The lowest BCUT2D eigenvalue weighted by Crippen LogP contribution is -1.97. The monoisotopic (exact) mass is 270 g/mol. The molecule has 0 amide bonds. The van der Waals surface area contributed by atoms with Crippen molar-refractivity contribution < 1.29 is 13.2 Å². The summed E-state index contributed by atoms with van der Waals surface area (Å²) in [5.74, 6) is -2.81. The highest BCUT2D eigenvalue weighted by Crippen LogP contribution is 2.27. The fourth-order valence-corrected chi connectivity index (χ4v) is 1.84. The van der Waals surface area contributed by atoms with Crippen molar-refractivity contribution in [1.29, 1.82) is 0 Å². The molecule has 0 fully saturated rings. The lowest BCUT2D eigenvalue weighted by Gasteiger charge is -2.05. The van der Waals surface area contributed by atoms with Gasteiger partial charge in [0, 0.05) is 10.9 Å². The fraction of sp³-hybridized carbons (Fsp3) is 0.250. The van der Waals surface area contributed by atoms with E-state index in [9.17, 15) is 13.2 Å². The largest absolute Gasteiger partial charge is 0.206 e. The van der Waals surface area contributed by atoms with Crippen LogP contribution >= 0.6 is 27.7 Å². The highest BCUT2D eigenvalue weighted by molar-refractivity contribution is 9.08. The molecule has 0 aliphatic rings. The molecule has 0 aromatic heterocycles. The molecule has 0 N–H and O–H groups in total. The summed E-state index contributed by atoms with van der Waals surface area (Å²) in [6.45, 7) is 0. The van der Waals surface area contributed by atoms with E-state index in [4.69, 9.17) is 0 Å². The normalized spacial score (nSPS) is 10.5. The summed E-state index contributed by atoms with van der Waals surface area (Å²) in [6.07, 6.45) is 1.49. The summed E-state index contributed by atoms with van der Waals surface area (Å²) < 4.78 is 39.1. The predicted molar refractivity (Wildman–Crippen MR) is 50.7 cm³/mol. The molecule has 0 heterocycles. The molecular formula is C8H6BrF3S. The van der Waals surface area contributed by atoms with Crippen molar-refractivity contribution in [3.8, 4) is 0 Å². The van der Waals surface area contributed by atoms with Crippen LogP contribution in [0.1, 0.15) is 5.56 Å². The van der Waals surface area contributed by atoms with E-state index in [1.807, 2.05) is 0 Å². The highest BCUT2D eigenvalue weighted by Gasteiger charge is 2.16. The molecule has 1 aromatic carbocycles. The number of rotatable bonds is 2. The molecule has 1 aromatic rings. The van der Waals surface area contributed by atoms with Crippen LogP contribution in [0.5, 0.6) is 0 Å². The van der Waals surface area contributed by atoms with E-state index < -0.39 is 17.5 Å². The topological polar surface area (TPSA) is 0 Å². The van der Waals surface area contributed by atoms with Crippen molar-refractivity contribution in [3.63, 3.8) is 0 Å². The van der Waals surface area contributed by atoms with E-state index >= 15 is 0 Å². The van der Waals surface area contributed by atoms with Gasteiger partial charge in [0.05, 0.1) is 4.90 Å². The Morgan fingerprint density at radius 3 is 2.38 bits per heavy atom. The van der Waals surface area contributed by atoms with E-state index in [1.54, 1.807) is 0 Å². The van der Waals surface area contributed by atoms with Gasteiger partial charge >= 0.3 is 0 Å². The van der Waals surface area contributed by atoms with Crippen LogP contribution in [0, 0.1) is 17.5 Å². The van der Waals surface area contributed by atoms with Crippen molar-refractivity contribution in [3.05, 3.63) is 29.1 Å². The van der Waals surface area contributed by atoms with Gasteiger partial charge in [-0.3, -0.25) is 0 Å². The van der Waals surface area contributed by atoms with Gasteiger partial charge in [-0.05, 0) is 12.3 Å². The third-order valence-corrected chi connectivity index (χ3v) is 2.93. The number of thioether (sulfide) groups is 1. The number of alkyl halides is 1. The lowest BCUT2D eigenvalue weighted by atomic mass is 10.2. The molecule has 0 bridgehead atoms. The Balaban J connectivity index is 3.37. The van der Waals surface area contributed by atoms with Crippen LogP contribution in [0.4, 0.5) is 13.2 Å². The zero-order chi connectivity index (χ0) is 10.0. The maximum absolute atomic E-state index is 13.1. The second-order valence-corrected chi connectivity index (χ2v) is 3.69. The molecule has 0 atom stereocenters. The first-order valence-electron chi connectivity index (χ1n) is 3.38. The maximum Gasteiger partial charge on any atom is 0.175 e. The molecule has 0 nitrogen and oxygen atoms in total. The van der Waals surface area contributed by atoms with Gasteiger partial charge in [-0.15, -0.1) is 11.8 Å². The fourth-order valence-electron chi connectivity index (χ4n) is 0.912. The van der Waals surface area contributed by atoms with Gasteiger partial charge in [0.2, 0.25) is 0 Å².